The number of halogens is 2. The van der Waals surface area contributed by atoms with Crippen molar-refractivity contribution < 1.29 is 14.6 Å². The van der Waals surface area contributed by atoms with Gasteiger partial charge in [0.25, 0.3) is 5.56 Å². The van der Waals surface area contributed by atoms with Crippen molar-refractivity contribution in [2.45, 2.75) is 26.2 Å². The molecule has 9 heteroatoms. The zero-order valence-electron chi connectivity index (χ0n) is 16.1. The van der Waals surface area contributed by atoms with Crippen LogP contribution in [-0.2, 0) is 11.2 Å². The molecule has 3 rings (SSSR count). The molecule has 0 aliphatic carbocycles. The number of carboxylic acids is 1. The normalized spacial score (nSPS) is 11.3. The first-order chi connectivity index (χ1) is 14.4. The molecule has 0 bridgehead atoms. The first kappa shape index (κ1) is 22.0. The third-order valence-corrected chi connectivity index (χ3v) is 4.99. The van der Waals surface area contributed by atoms with Crippen molar-refractivity contribution >= 4 is 50.6 Å². The first-order valence-corrected chi connectivity index (χ1v) is 10.5. The number of hydrogen-bond acceptors (Lipinski definition) is 5. The summed E-state index contributed by atoms with van der Waals surface area (Å²) in [5, 5.41) is 14.1. The van der Waals surface area contributed by atoms with Gasteiger partial charge in [0, 0.05) is 21.5 Å². The van der Waals surface area contributed by atoms with Gasteiger partial charge in [0.2, 0.25) is 0 Å². The highest BCUT2D eigenvalue weighted by Crippen LogP contribution is 2.22. The maximum Gasteiger partial charge on any atom is 0.341 e. The molecule has 0 amide bonds. The highest BCUT2D eigenvalue weighted by molar-refractivity contribution is 9.10. The highest BCUT2D eigenvalue weighted by Gasteiger charge is 2.12. The van der Waals surface area contributed by atoms with Gasteiger partial charge in [-0.05, 0) is 42.8 Å². The van der Waals surface area contributed by atoms with Gasteiger partial charge in [0.15, 0.2) is 6.61 Å². The summed E-state index contributed by atoms with van der Waals surface area (Å²) >= 11 is 9.45. The minimum absolute atomic E-state index is 0.293. The van der Waals surface area contributed by atoms with Gasteiger partial charge < -0.3 is 9.84 Å². The minimum atomic E-state index is -1.10. The summed E-state index contributed by atoms with van der Waals surface area (Å²) in [6.07, 6.45) is 3.81. The number of nitrogens with zero attached hydrogens (tertiary/aromatic N) is 3. The molecule has 30 heavy (non-hydrogen) atoms. The number of ether oxygens (including phenoxy) is 1. The second-order valence-electron chi connectivity index (χ2n) is 6.52. The molecule has 0 spiro atoms. The second kappa shape index (κ2) is 9.86. The molecule has 0 saturated heterocycles. The molecule has 1 N–H and O–H groups in total. The molecule has 2 aromatic carbocycles. The van der Waals surface area contributed by atoms with Crippen LogP contribution in [-0.4, -0.2) is 33.6 Å². The quantitative estimate of drug-likeness (QED) is 0.467. The lowest BCUT2D eigenvalue weighted by molar-refractivity contribution is -0.139. The van der Waals surface area contributed by atoms with Crippen LogP contribution in [0, 0.1) is 0 Å². The van der Waals surface area contributed by atoms with E-state index in [1.165, 1.54) is 10.9 Å². The van der Waals surface area contributed by atoms with Crippen LogP contribution in [0.4, 0.5) is 0 Å². The summed E-state index contributed by atoms with van der Waals surface area (Å²) in [6, 6.07) is 10.1. The summed E-state index contributed by atoms with van der Waals surface area (Å²) < 4.78 is 7.33. The van der Waals surface area contributed by atoms with Crippen LogP contribution < -0.4 is 10.3 Å². The molecule has 0 aliphatic heterocycles. The number of hydrogen-bond donors (Lipinski definition) is 1. The van der Waals surface area contributed by atoms with Gasteiger partial charge >= 0.3 is 5.97 Å². The van der Waals surface area contributed by atoms with Crippen LogP contribution in [0.25, 0.3) is 10.9 Å². The SMILES string of the molecule is CCCCc1nc2ccc(Br)cc2c(=O)n1N=Cc1cc(Cl)ccc1OCC(=O)O. The van der Waals surface area contributed by atoms with Gasteiger partial charge in [-0.25, -0.2) is 9.78 Å². The number of unbranched alkanes of at least 4 members (excludes halogenated alkanes) is 1. The van der Waals surface area contributed by atoms with Gasteiger partial charge in [0.1, 0.15) is 11.6 Å². The van der Waals surface area contributed by atoms with Crippen molar-refractivity contribution in [3.63, 3.8) is 0 Å². The smallest absolute Gasteiger partial charge is 0.341 e. The predicted octanol–water partition coefficient (Wildman–Crippen LogP) is 4.50. The van der Waals surface area contributed by atoms with Crippen molar-refractivity contribution in [1.29, 1.82) is 0 Å². The zero-order chi connectivity index (χ0) is 21.7. The summed E-state index contributed by atoms with van der Waals surface area (Å²) in [6.45, 7) is 1.55. The van der Waals surface area contributed by atoms with Gasteiger partial charge in [0.05, 0.1) is 17.1 Å². The zero-order valence-corrected chi connectivity index (χ0v) is 18.5. The molecule has 7 nitrogen and oxygen atoms in total. The van der Waals surface area contributed by atoms with Crippen molar-refractivity contribution in [2.24, 2.45) is 5.10 Å². The van der Waals surface area contributed by atoms with Crippen LogP contribution in [0.15, 0.2) is 50.8 Å². The molecule has 0 fully saturated rings. The fraction of sp³-hybridized carbons (Fsp3) is 0.238. The monoisotopic (exact) mass is 491 g/mol. The molecule has 0 atom stereocenters. The van der Waals surface area contributed by atoms with E-state index in [1.54, 1.807) is 30.3 Å². The van der Waals surface area contributed by atoms with E-state index in [-0.39, 0.29) is 5.56 Å². The van der Waals surface area contributed by atoms with E-state index in [2.05, 4.69) is 32.9 Å². The summed E-state index contributed by atoms with van der Waals surface area (Å²) in [5.41, 5.74) is 0.763. The largest absolute Gasteiger partial charge is 0.481 e. The van der Waals surface area contributed by atoms with Crippen LogP contribution in [0.5, 0.6) is 5.75 Å². The standard InChI is InChI=1S/C21H19BrClN3O4/c1-2-3-4-19-25-17-7-5-14(22)10-16(17)21(29)26(19)24-11-13-9-15(23)6-8-18(13)30-12-20(27)28/h5-11H,2-4,12H2,1H3,(H,27,28). The molecular formula is C21H19BrClN3O4. The fourth-order valence-corrected chi connectivity index (χ4v) is 3.36. The maximum absolute atomic E-state index is 13.1. The Morgan fingerprint density at radius 2 is 2.13 bits per heavy atom. The number of carbonyl (C=O) groups is 1. The Kier molecular flexibility index (Phi) is 7.23. The van der Waals surface area contributed by atoms with Crippen molar-refractivity contribution in [3.8, 4) is 5.75 Å². The number of aliphatic carboxylic acids is 1. The van der Waals surface area contributed by atoms with E-state index in [1.807, 2.05) is 6.07 Å². The lowest BCUT2D eigenvalue weighted by Crippen LogP contribution is -2.22. The molecular weight excluding hydrogens is 474 g/mol. The molecule has 0 aliphatic rings. The molecule has 0 unspecified atom stereocenters. The Bertz CT molecular complexity index is 1180. The average molecular weight is 493 g/mol. The Labute approximate surface area is 186 Å². The van der Waals surface area contributed by atoms with Crippen LogP contribution in [0.2, 0.25) is 5.02 Å². The maximum atomic E-state index is 13.1. The lowest BCUT2D eigenvalue weighted by Gasteiger charge is -2.10. The van der Waals surface area contributed by atoms with Crippen LogP contribution in [0.1, 0.15) is 31.2 Å². The number of rotatable bonds is 8. The van der Waals surface area contributed by atoms with Crippen molar-refractivity contribution in [2.75, 3.05) is 6.61 Å². The molecule has 0 radical (unpaired) electrons. The Morgan fingerprint density at radius 3 is 2.87 bits per heavy atom. The average Bonchev–Trinajstić information content (AvgIpc) is 2.71. The highest BCUT2D eigenvalue weighted by atomic mass is 79.9. The predicted molar refractivity (Wildman–Crippen MR) is 120 cm³/mol. The lowest BCUT2D eigenvalue weighted by atomic mass is 10.2. The molecule has 1 aromatic heterocycles. The van der Waals surface area contributed by atoms with Gasteiger partial charge in [-0.3, -0.25) is 4.79 Å². The molecule has 3 aromatic rings. The van der Waals surface area contributed by atoms with Crippen molar-refractivity contribution in [3.05, 3.63) is 67.6 Å². The van der Waals surface area contributed by atoms with Crippen LogP contribution in [0.3, 0.4) is 0 Å². The van der Waals surface area contributed by atoms with E-state index in [4.69, 9.17) is 21.4 Å². The Morgan fingerprint density at radius 1 is 1.33 bits per heavy atom. The van der Waals surface area contributed by atoms with Gasteiger partial charge in [-0.1, -0.05) is 40.9 Å². The Hall–Kier alpha value is -2.71. The number of benzene rings is 2. The number of aromatic nitrogens is 2. The summed E-state index contributed by atoms with van der Waals surface area (Å²) in [4.78, 5) is 28.6. The van der Waals surface area contributed by atoms with Crippen LogP contribution >= 0.6 is 27.5 Å². The molecule has 0 saturated carbocycles. The summed E-state index contributed by atoms with van der Waals surface area (Å²) in [7, 11) is 0. The van der Waals surface area contributed by atoms with E-state index < -0.39 is 12.6 Å². The van der Waals surface area contributed by atoms with E-state index in [0.29, 0.717) is 39.5 Å². The van der Waals surface area contributed by atoms with E-state index >= 15 is 0 Å². The van der Waals surface area contributed by atoms with Gasteiger partial charge in [-0.2, -0.15) is 9.78 Å². The topological polar surface area (TPSA) is 93.8 Å². The molecule has 156 valence electrons. The van der Waals surface area contributed by atoms with E-state index in [9.17, 15) is 9.59 Å². The molecule has 1 heterocycles. The number of fused-ring (bicyclic) bond motifs is 1. The number of carboxylic acid groups (broad SMARTS) is 1. The summed E-state index contributed by atoms with van der Waals surface area (Å²) in [5.74, 6) is -0.261. The number of aryl methyl sites for hydroxylation is 1. The third kappa shape index (κ3) is 5.25. The third-order valence-electron chi connectivity index (χ3n) is 4.26. The Balaban J connectivity index is 2.09. The van der Waals surface area contributed by atoms with Gasteiger partial charge in [-0.15, -0.1) is 0 Å². The first-order valence-electron chi connectivity index (χ1n) is 9.28. The second-order valence-corrected chi connectivity index (χ2v) is 7.87. The van der Waals surface area contributed by atoms with Crippen molar-refractivity contribution in [1.82, 2.24) is 9.66 Å². The minimum Gasteiger partial charge on any atom is -0.481 e. The van der Waals surface area contributed by atoms with E-state index in [0.717, 1.165) is 17.3 Å². The fourth-order valence-electron chi connectivity index (χ4n) is 2.82.